The molecular formula is C24H32F2N4O4S. The largest absolute Gasteiger partial charge is 0.354 e. The molecule has 0 radical (unpaired) electrons. The number of carbonyl (C=O) groups is 2. The van der Waals surface area contributed by atoms with Crippen molar-refractivity contribution >= 4 is 27.7 Å². The van der Waals surface area contributed by atoms with Gasteiger partial charge in [0.15, 0.2) is 0 Å². The van der Waals surface area contributed by atoms with Gasteiger partial charge in [-0.05, 0) is 54.8 Å². The van der Waals surface area contributed by atoms with Crippen molar-refractivity contribution < 1.29 is 26.8 Å². The summed E-state index contributed by atoms with van der Waals surface area (Å²) in [7, 11) is -1.49. The van der Waals surface area contributed by atoms with E-state index in [2.05, 4.69) is 5.32 Å². The minimum absolute atomic E-state index is 0.0313. The van der Waals surface area contributed by atoms with Gasteiger partial charge in [0.25, 0.3) is 0 Å². The van der Waals surface area contributed by atoms with Crippen LogP contribution in [0.15, 0.2) is 48.5 Å². The SMILES string of the molecule is CCCNC(=O)C(CC)N(Cc1ccc(F)cc1)C(=O)CN(c1ccc(F)cc1)S(=O)(=O)N(C)C. The van der Waals surface area contributed by atoms with Crippen molar-refractivity contribution in [3.63, 3.8) is 0 Å². The van der Waals surface area contributed by atoms with E-state index >= 15 is 0 Å². The maximum Gasteiger partial charge on any atom is 0.304 e. The number of nitrogens with one attached hydrogen (secondary N) is 1. The molecule has 2 aromatic rings. The summed E-state index contributed by atoms with van der Waals surface area (Å²) in [6.07, 6.45) is 0.979. The fraction of sp³-hybridized carbons (Fsp3) is 0.417. The Labute approximate surface area is 205 Å². The highest BCUT2D eigenvalue weighted by molar-refractivity contribution is 7.90. The standard InChI is InChI=1S/C24H32F2N4O4S/c1-5-15-27-24(32)22(6-2)29(16-18-7-9-19(25)10-8-18)23(31)17-30(35(33,34)28(3)4)21-13-11-20(26)12-14-21/h7-14,22H,5-6,15-17H2,1-4H3,(H,27,32). The second kappa shape index (κ2) is 12.6. The highest BCUT2D eigenvalue weighted by Crippen LogP contribution is 2.22. The van der Waals surface area contributed by atoms with Crippen LogP contribution in [0.5, 0.6) is 0 Å². The van der Waals surface area contributed by atoms with Crippen molar-refractivity contribution in [1.82, 2.24) is 14.5 Å². The first-order chi connectivity index (χ1) is 16.5. The number of hydrogen-bond donors (Lipinski definition) is 1. The van der Waals surface area contributed by atoms with Crippen molar-refractivity contribution in [2.45, 2.75) is 39.3 Å². The molecule has 2 aromatic carbocycles. The van der Waals surface area contributed by atoms with Crippen LogP contribution in [-0.4, -0.2) is 62.7 Å². The van der Waals surface area contributed by atoms with E-state index in [1.54, 1.807) is 6.92 Å². The molecule has 0 aliphatic heterocycles. The molecule has 2 rings (SSSR count). The maximum absolute atomic E-state index is 13.6. The van der Waals surface area contributed by atoms with Gasteiger partial charge in [-0.15, -0.1) is 0 Å². The normalized spacial score (nSPS) is 12.3. The highest BCUT2D eigenvalue weighted by Gasteiger charge is 2.33. The Morgan fingerprint density at radius 2 is 1.49 bits per heavy atom. The van der Waals surface area contributed by atoms with E-state index in [-0.39, 0.29) is 24.6 Å². The summed E-state index contributed by atoms with van der Waals surface area (Å²) < 4.78 is 54.8. The van der Waals surface area contributed by atoms with Gasteiger partial charge in [0.05, 0.1) is 5.69 Å². The molecule has 8 nitrogen and oxygen atoms in total. The zero-order chi connectivity index (χ0) is 26.2. The molecule has 1 unspecified atom stereocenters. The Balaban J connectivity index is 2.46. The van der Waals surface area contributed by atoms with Crippen molar-refractivity contribution in [3.05, 3.63) is 65.7 Å². The molecule has 0 aliphatic carbocycles. The maximum atomic E-state index is 13.6. The van der Waals surface area contributed by atoms with E-state index in [4.69, 9.17) is 0 Å². The van der Waals surface area contributed by atoms with Crippen molar-refractivity contribution in [3.8, 4) is 0 Å². The lowest BCUT2D eigenvalue weighted by atomic mass is 10.1. The molecule has 0 fully saturated rings. The number of amides is 2. The molecule has 2 amide bonds. The van der Waals surface area contributed by atoms with Crippen LogP contribution < -0.4 is 9.62 Å². The van der Waals surface area contributed by atoms with Gasteiger partial charge < -0.3 is 10.2 Å². The monoisotopic (exact) mass is 510 g/mol. The van der Waals surface area contributed by atoms with Crippen molar-refractivity contribution in [1.29, 1.82) is 0 Å². The van der Waals surface area contributed by atoms with Crippen LogP contribution in [0, 0.1) is 11.6 Å². The van der Waals surface area contributed by atoms with Gasteiger partial charge in [-0.3, -0.25) is 9.59 Å². The van der Waals surface area contributed by atoms with Gasteiger partial charge in [0.1, 0.15) is 24.2 Å². The van der Waals surface area contributed by atoms with E-state index in [9.17, 15) is 26.8 Å². The van der Waals surface area contributed by atoms with Gasteiger partial charge in [0, 0.05) is 27.2 Å². The van der Waals surface area contributed by atoms with Gasteiger partial charge in [-0.1, -0.05) is 26.0 Å². The van der Waals surface area contributed by atoms with Gasteiger partial charge in [-0.25, -0.2) is 13.1 Å². The average molecular weight is 511 g/mol. The van der Waals surface area contributed by atoms with Crippen LogP contribution in [0.4, 0.5) is 14.5 Å². The number of nitrogens with zero attached hydrogens (tertiary/aromatic N) is 3. The quantitative estimate of drug-likeness (QED) is 0.476. The molecule has 0 spiro atoms. The highest BCUT2D eigenvalue weighted by atomic mass is 32.2. The van der Waals surface area contributed by atoms with E-state index in [1.807, 2.05) is 6.92 Å². The molecule has 0 aliphatic rings. The van der Waals surface area contributed by atoms with Gasteiger partial charge >= 0.3 is 10.2 Å². The minimum atomic E-state index is -4.13. The summed E-state index contributed by atoms with van der Waals surface area (Å²) in [5.74, 6) is -2.01. The molecular weight excluding hydrogens is 478 g/mol. The van der Waals surface area contributed by atoms with Gasteiger partial charge in [0.2, 0.25) is 11.8 Å². The van der Waals surface area contributed by atoms with Crippen molar-refractivity contribution in [2.75, 3.05) is 31.5 Å². The topological polar surface area (TPSA) is 90.0 Å². The van der Waals surface area contributed by atoms with Crippen molar-refractivity contribution in [2.24, 2.45) is 0 Å². The first kappa shape index (κ1) is 28.2. The van der Waals surface area contributed by atoms with Gasteiger partial charge in [-0.2, -0.15) is 12.7 Å². The molecule has 11 heteroatoms. The molecule has 1 N–H and O–H groups in total. The number of benzene rings is 2. The first-order valence-corrected chi connectivity index (χ1v) is 12.7. The van der Waals surface area contributed by atoms with Crippen LogP contribution in [0.1, 0.15) is 32.3 Å². The number of hydrogen-bond acceptors (Lipinski definition) is 4. The van der Waals surface area contributed by atoms with E-state index in [0.717, 1.165) is 20.7 Å². The third kappa shape index (κ3) is 7.46. The summed E-state index contributed by atoms with van der Waals surface area (Å²) in [4.78, 5) is 27.8. The lowest BCUT2D eigenvalue weighted by molar-refractivity contribution is -0.140. The Kier molecular flexibility index (Phi) is 10.1. The smallest absolute Gasteiger partial charge is 0.304 e. The van der Waals surface area contributed by atoms with Crippen LogP contribution in [0.25, 0.3) is 0 Å². The Hall–Kier alpha value is -3.05. The molecule has 0 saturated carbocycles. The predicted octanol–water partition coefficient (Wildman–Crippen LogP) is 2.91. The lowest BCUT2D eigenvalue weighted by Crippen LogP contribution is -2.53. The third-order valence-corrected chi connectivity index (χ3v) is 7.15. The number of rotatable bonds is 12. The summed E-state index contributed by atoms with van der Waals surface area (Å²) in [6.45, 7) is 3.41. The number of carbonyl (C=O) groups excluding carboxylic acids is 2. The Morgan fingerprint density at radius 3 is 1.97 bits per heavy atom. The van der Waals surface area contributed by atoms with E-state index in [1.165, 1.54) is 55.4 Å². The summed E-state index contributed by atoms with van der Waals surface area (Å²) in [5, 5.41) is 2.78. The van der Waals surface area contributed by atoms with Crippen LogP contribution in [-0.2, 0) is 26.3 Å². The molecule has 1 atom stereocenters. The second-order valence-electron chi connectivity index (χ2n) is 8.14. The minimum Gasteiger partial charge on any atom is -0.354 e. The number of halogens is 2. The summed E-state index contributed by atoms with van der Waals surface area (Å²) >= 11 is 0. The molecule has 0 aromatic heterocycles. The fourth-order valence-electron chi connectivity index (χ4n) is 3.40. The van der Waals surface area contributed by atoms with Crippen LogP contribution in [0.3, 0.4) is 0 Å². The lowest BCUT2D eigenvalue weighted by Gasteiger charge is -2.34. The predicted molar refractivity (Wildman–Crippen MR) is 131 cm³/mol. The fourth-order valence-corrected chi connectivity index (χ4v) is 4.45. The molecule has 35 heavy (non-hydrogen) atoms. The summed E-state index contributed by atoms with van der Waals surface area (Å²) in [6, 6.07) is 9.34. The second-order valence-corrected chi connectivity index (χ2v) is 10.2. The summed E-state index contributed by atoms with van der Waals surface area (Å²) in [5.41, 5.74) is 0.670. The molecule has 0 saturated heterocycles. The van der Waals surface area contributed by atoms with E-state index < -0.39 is 40.3 Å². The first-order valence-electron chi connectivity index (χ1n) is 11.3. The van der Waals surface area contributed by atoms with Crippen LogP contribution in [0.2, 0.25) is 0 Å². The van der Waals surface area contributed by atoms with Crippen LogP contribution >= 0.6 is 0 Å². The molecule has 0 heterocycles. The Bertz CT molecular complexity index is 1090. The Morgan fingerprint density at radius 1 is 0.943 bits per heavy atom. The average Bonchev–Trinajstić information content (AvgIpc) is 2.82. The zero-order valence-electron chi connectivity index (χ0n) is 20.4. The molecule has 0 bridgehead atoms. The molecule has 192 valence electrons. The van der Waals surface area contributed by atoms with E-state index in [0.29, 0.717) is 18.5 Å². The number of anilines is 1. The third-order valence-electron chi connectivity index (χ3n) is 5.33. The zero-order valence-corrected chi connectivity index (χ0v) is 21.2.